The number of likely N-dealkylation sites (tertiary alicyclic amines) is 1. The van der Waals surface area contributed by atoms with Crippen molar-refractivity contribution < 1.29 is 19.1 Å². The van der Waals surface area contributed by atoms with Crippen LogP contribution in [-0.4, -0.2) is 64.8 Å². The molecule has 5 atom stereocenters. The summed E-state index contributed by atoms with van der Waals surface area (Å²) in [6, 6.07) is 6.07. The minimum Gasteiger partial charge on any atom is -0.486 e. The van der Waals surface area contributed by atoms with Gasteiger partial charge in [-0.1, -0.05) is 0 Å². The Morgan fingerprint density at radius 3 is 2.67 bits per heavy atom. The first-order valence-corrected chi connectivity index (χ1v) is 13.6. The summed E-state index contributed by atoms with van der Waals surface area (Å²) < 4.78 is 6.43. The van der Waals surface area contributed by atoms with Crippen molar-refractivity contribution in [1.29, 1.82) is 0 Å². The molecule has 0 radical (unpaired) electrons. The highest BCUT2D eigenvalue weighted by Crippen LogP contribution is 2.55. The van der Waals surface area contributed by atoms with Crippen molar-refractivity contribution in [3.8, 4) is 5.75 Å². The molecule has 11 nitrogen and oxygen atoms in total. The zero-order valence-electron chi connectivity index (χ0n) is 21.1. The van der Waals surface area contributed by atoms with E-state index >= 15 is 0 Å². The molecule has 1 saturated heterocycles. The number of alkyl halides is 2. The summed E-state index contributed by atoms with van der Waals surface area (Å²) in [5, 5.41) is 7.81. The minimum atomic E-state index is -0.806. The molecular formula is C26H27Cl2N7O4. The second-order valence-electron chi connectivity index (χ2n) is 10.5. The maximum Gasteiger partial charge on any atom is 0.269 e. The van der Waals surface area contributed by atoms with E-state index in [1.165, 1.54) is 4.68 Å². The lowest BCUT2D eigenvalue weighted by atomic mass is 10.1. The molecule has 2 aliphatic carbocycles. The van der Waals surface area contributed by atoms with Gasteiger partial charge in [0.25, 0.3) is 5.91 Å². The van der Waals surface area contributed by atoms with Gasteiger partial charge in [0.2, 0.25) is 11.8 Å². The van der Waals surface area contributed by atoms with E-state index in [0.29, 0.717) is 41.2 Å². The maximum absolute atomic E-state index is 13.5. The third-order valence-electron chi connectivity index (χ3n) is 7.77. The van der Waals surface area contributed by atoms with Crippen LogP contribution in [0.1, 0.15) is 42.5 Å². The van der Waals surface area contributed by atoms with Crippen molar-refractivity contribution in [3.05, 3.63) is 48.2 Å². The Labute approximate surface area is 234 Å². The number of hydrogen-bond donors (Lipinski definition) is 2. The van der Waals surface area contributed by atoms with E-state index in [4.69, 9.17) is 33.7 Å². The number of benzene rings is 1. The van der Waals surface area contributed by atoms with E-state index in [9.17, 15) is 14.4 Å². The fourth-order valence-electron chi connectivity index (χ4n) is 5.56. The first-order chi connectivity index (χ1) is 18.6. The van der Waals surface area contributed by atoms with Crippen LogP contribution in [0.4, 0.5) is 0 Å². The number of ether oxygens (including phenoxy) is 1. The molecule has 2 unspecified atom stereocenters. The molecular weight excluding hydrogens is 545 g/mol. The first kappa shape index (κ1) is 25.8. The van der Waals surface area contributed by atoms with Gasteiger partial charge in [0.15, 0.2) is 11.5 Å². The van der Waals surface area contributed by atoms with Crippen LogP contribution in [0.2, 0.25) is 0 Å². The lowest BCUT2D eigenvalue weighted by Crippen LogP contribution is -2.51. The van der Waals surface area contributed by atoms with E-state index in [2.05, 4.69) is 20.4 Å². The van der Waals surface area contributed by atoms with Crippen LogP contribution >= 0.6 is 23.2 Å². The predicted molar refractivity (Wildman–Crippen MR) is 142 cm³/mol. The summed E-state index contributed by atoms with van der Waals surface area (Å²) in [5.74, 6) is 0.109. The number of amides is 3. The van der Waals surface area contributed by atoms with Crippen LogP contribution in [0.3, 0.4) is 0 Å². The van der Waals surface area contributed by atoms with Crippen LogP contribution in [0.25, 0.3) is 10.9 Å². The summed E-state index contributed by atoms with van der Waals surface area (Å²) in [5.41, 5.74) is 6.19. The summed E-state index contributed by atoms with van der Waals surface area (Å²) in [6.07, 6.45) is 5.36. The van der Waals surface area contributed by atoms with Crippen molar-refractivity contribution in [2.45, 2.75) is 61.8 Å². The normalized spacial score (nSPS) is 25.2. The number of nitrogens with one attached hydrogen (secondary N) is 1. The fraction of sp³-hybridized carbons (Fsp3) is 0.462. The van der Waals surface area contributed by atoms with Crippen LogP contribution in [-0.2, 0) is 22.7 Å². The molecule has 0 spiro atoms. The van der Waals surface area contributed by atoms with Gasteiger partial charge in [-0.15, -0.1) is 23.2 Å². The van der Waals surface area contributed by atoms with Gasteiger partial charge in [-0.25, -0.2) is 9.97 Å². The van der Waals surface area contributed by atoms with Gasteiger partial charge in [-0.3, -0.25) is 19.1 Å². The van der Waals surface area contributed by atoms with Crippen molar-refractivity contribution in [2.24, 2.45) is 17.6 Å². The molecule has 13 heteroatoms. The lowest BCUT2D eigenvalue weighted by molar-refractivity contribution is -0.140. The highest BCUT2D eigenvalue weighted by atomic mass is 35.5. The van der Waals surface area contributed by atoms with E-state index in [-0.39, 0.29) is 48.7 Å². The van der Waals surface area contributed by atoms with Crippen LogP contribution in [0.15, 0.2) is 36.7 Å². The number of carbonyl (C=O) groups is 3. The van der Waals surface area contributed by atoms with Gasteiger partial charge in [0.1, 0.15) is 29.3 Å². The molecule has 39 heavy (non-hydrogen) atoms. The minimum absolute atomic E-state index is 0.0124. The van der Waals surface area contributed by atoms with Crippen LogP contribution in [0, 0.1) is 11.8 Å². The molecule has 3 heterocycles. The molecule has 3 aromatic rings. The number of piperidine rings is 1. The number of primary amides is 1. The fourth-order valence-corrected chi connectivity index (χ4v) is 6.27. The molecule has 1 aromatic carbocycles. The monoisotopic (exact) mass is 571 g/mol. The molecule has 0 bridgehead atoms. The van der Waals surface area contributed by atoms with Crippen molar-refractivity contribution >= 4 is 51.8 Å². The summed E-state index contributed by atoms with van der Waals surface area (Å²) >= 11 is 12.3. The third-order valence-corrected chi connectivity index (χ3v) is 8.64. The van der Waals surface area contributed by atoms with Gasteiger partial charge in [-0.2, -0.15) is 5.10 Å². The highest BCUT2D eigenvalue weighted by molar-refractivity contribution is 6.51. The van der Waals surface area contributed by atoms with Crippen LogP contribution < -0.4 is 15.8 Å². The second kappa shape index (κ2) is 9.63. The topological polar surface area (TPSA) is 145 Å². The standard InChI is InChI=1S/C26H27Cl2N7O4/c1-13(17-10-26(17,27)28)32-25(38)20-8-14-7-19(14)35(20)22(36)11-34-18-4-3-15(9-16(18)23(33-34)24(29)37)39-12-21-30-5-2-6-31-21/h2-6,9,13-14,17,19-20H,7-8,10-12H2,1H3,(H2,29,37)(H,32,38)/t13?,14-,17?,19-,20+/m1/s1. The molecule has 1 aliphatic heterocycles. The number of rotatable bonds is 9. The van der Waals surface area contributed by atoms with Crippen molar-refractivity contribution in [1.82, 2.24) is 30.0 Å². The van der Waals surface area contributed by atoms with Gasteiger partial charge in [-0.05, 0) is 56.4 Å². The Balaban J connectivity index is 1.19. The van der Waals surface area contributed by atoms with E-state index in [1.54, 1.807) is 41.6 Å². The first-order valence-electron chi connectivity index (χ1n) is 12.8. The largest absolute Gasteiger partial charge is 0.486 e. The Bertz CT molecular complexity index is 1460. The number of fused-ring (bicyclic) bond motifs is 2. The Morgan fingerprint density at radius 2 is 1.97 bits per heavy atom. The summed E-state index contributed by atoms with van der Waals surface area (Å²) in [6.45, 7) is 1.88. The summed E-state index contributed by atoms with van der Waals surface area (Å²) in [4.78, 5) is 48.8. The van der Waals surface area contributed by atoms with Crippen molar-refractivity contribution in [2.75, 3.05) is 0 Å². The van der Waals surface area contributed by atoms with Gasteiger partial charge in [0.05, 0.1) is 5.52 Å². The van der Waals surface area contributed by atoms with E-state index < -0.39 is 16.3 Å². The molecule has 6 rings (SSSR count). The molecule has 3 amide bonds. The Kier molecular flexibility index (Phi) is 6.38. The maximum atomic E-state index is 13.5. The zero-order valence-corrected chi connectivity index (χ0v) is 22.6. The molecule has 3 fully saturated rings. The molecule has 3 N–H and O–H groups in total. The van der Waals surface area contributed by atoms with Crippen molar-refractivity contribution in [3.63, 3.8) is 0 Å². The predicted octanol–water partition coefficient (Wildman–Crippen LogP) is 2.19. The Morgan fingerprint density at radius 1 is 1.23 bits per heavy atom. The molecule has 3 aliphatic rings. The molecule has 204 valence electrons. The smallest absolute Gasteiger partial charge is 0.269 e. The summed E-state index contributed by atoms with van der Waals surface area (Å²) in [7, 11) is 0. The number of carbonyl (C=O) groups excluding carboxylic acids is 3. The highest BCUT2D eigenvalue weighted by Gasteiger charge is 2.58. The number of nitrogens with zero attached hydrogens (tertiary/aromatic N) is 5. The average Bonchev–Trinajstić information content (AvgIpc) is 3.72. The number of nitrogens with two attached hydrogens (primary N) is 1. The van der Waals surface area contributed by atoms with E-state index in [0.717, 1.165) is 6.42 Å². The quantitative estimate of drug-likeness (QED) is 0.374. The van der Waals surface area contributed by atoms with Crippen LogP contribution in [0.5, 0.6) is 5.75 Å². The molecule has 2 aromatic heterocycles. The third kappa shape index (κ3) is 5.00. The zero-order chi connectivity index (χ0) is 27.5. The number of hydrogen-bond acceptors (Lipinski definition) is 7. The Hall–Kier alpha value is -3.44. The number of aromatic nitrogens is 4. The molecule has 2 saturated carbocycles. The van der Waals surface area contributed by atoms with E-state index in [1.807, 2.05) is 6.92 Å². The van der Waals surface area contributed by atoms with Gasteiger partial charge >= 0.3 is 0 Å². The number of halogens is 2. The van der Waals surface area contributed by atoms with Gasteiger partial charge < -0.3 is 20.7 Å². The average molecular weight is 572 g/mol. The SMILES string of the molecule is CC(NC(=O)[C@@H]1C[C@H]2C[C@H]2N1C(=O)Cn1nc(C(N)=O)c2cc(OCc3ncccn3)ccc21)C1CC1(Cl)Cl. The van der Waals surface area contributed by atoms with Gasteiger partial charge in [0, 0.05) is 35.8 Å². The second-order valence-corrected chi connectivity index (χ2v) is 12.0. The lowest BCUT2D eigenvalue weighted by Gasteiger charge is -2.28.